The maximum absolute atomic E-state index is 12.2. The smallest absolute Gasteiger partial charge is 0.260 e. The quantitative estimate of drug-likeness (QED) is 0.897. The number of hydrogen-bond acceptors (Lipinski definition) is 4. The van der Waals surface area contributed by atoms with E-state index in [1.807, 2.05) is 38.1 Å². The Hall–Kier alpha value is -1.59. The summed E-state index contributed by atoms with van der Waals surface area (Å²) in [6.45, 7) is 5.61. The molecule has 1 aromatic carbocycles. The van der Waals surface area contributed by atoms with Crippen LogP contribution in [0.4, 0.5) is 0 Å². The second kappa shape index (κ2) is 6.72. The second-order valence-electron chi connectivity index (χ2n) is 5.16. The van der Waals surface area contributed by atoms with Gasteiger partial charge >= 0.3 is 0 Å². The zero-order valence-corrected chi connectivity index (χ0v) is 12.0. The van der Waals surface area contributed by atoms with Crippen LogP contribution < -0.4 is 10.5 Å². The van der Waals surface area contributed by atoms with E-state index in [-0.39, 0.29) is 24.7 Å². The van der Waals surface area contributed by atoms with Gasteiger partial charge in [-0.05, 0) is 19.9 Å². The van der Waals surface area contributed by atoms with Crippen LogP contribution in [0.2, 0.25) is 0 Å². The normalized spacial score (nSPS) is 22.6. The summed E-state index contributed by atoms with van der Waals surface area (Å²) in [5, 5.41) is 0. The first-order chi connectivity index (χ1) is 9.60. The van der Waals surface area contributed by atoms with Gasteiger partial charge in [0.15, 0.2) is 6.61 Å². The van der Waals surface area contributed by atoms with Crippen LogP contribution in [-0.4, -0.2) is 42.7 Å². The number of benzene rings is 1. The molecule has 5 heteroatoms. The Morgan fingerprint density at radius 3 is 2.65 bits per heavy atom. The van der Waals surface area contributed by atoms with E-state index in [9.17, 15) is 4.79 Å². The molecule has 1 amide bonds. The van der Waals surface area contributed by atoms with Crippen molar-refractivity contribution in [3.05, 3.63) is 29.8 Å². The maximum atomic E-state index is 12.2. The lowest BCUT2D eigenvalue weighted by Gasteiger charge is -2.35. The summed E-state index contributed by atoms with van der Waals surface area (Å²) in [7, 11) is 0. The fourth-order valence-electron chi connectivity index (χ4n) is 2.43. The van der Waals surface area contributed by atoms with Crippen molar-refractivity contribution in [1.82, 2.24) is 4.90 Å². The van der Waals surface area contributed by atoms with Crippen molar-refractivity contribution in [3.63, 3.8) is 0 Å². The van der Waals surface area contributed by atoms with E-state index in [2.05, 4.69) is 0 Å². The molecule has 5 nitrogen and oxygen atoms in total. The molecule has 1 heterocycles. The lowest BCUT2D eigenvalue weighted by molar-refractivity contribution is -0.145. The minimum atomic E-state index is -0.0150. The summed E-state index contributed by atoms with van der Waals surface area (Å²) in [6, 6.07) is 7.51. The number of ether oxygens (including phenoxy) is 2. The predicted molar refractivity (Wildman–Crippen MR) is 76.4 cm³/mol. The van der Waals surface area contributed by atoms with Crippen molar-refractivity contribution in [2.45, 2.75) is 32.6 Å². The van der Waals surface area contributed by atoms with E-state index >= 15 is 0 Å². The first-order valence-electron chi connectivity index (χ1n) is 6.94. The van der Waals surface area contributed by atoms with Gasteiger partial charge in [0.05, 0.1) is 12.2 Å². The van der Waals surface area contributed by atoms with Crippen molar-refractivity contribution in [3.8, 4) is 5.75 Å². The van der Waals surface area contributed by atoms with E-state index < -0.39 is 0 Å². The van der Waals surface area contributed by atoms with Gasteiger partial charge in [-0.15, -0.1) is 0 Å². The van der Waals surface area contributed by atoms with Gasteiger partial charge in [-0.3, -0.25) is 4.79 Å². The van der Waals surface area contributed by atoms with Crippen molar-refractivity contribution in [2.75, 3.05) is 19.7 Å². The Morgan fingerprint density at radius 2 is 2.00 bits per heavy atom. The number of para-hydroxylation sites is 1. The third-order valence-corrected chi connectivity index (χ3v) is 3.32. The number of amides is 1. The number of hydrogen-bond donors (Lipinski definition) is 1. The van der Waals surface area contributed by atoms with Crippen molar-refractivity contribution in [1.29, 1.82) is 0 Å². The average Bonchev–Trinajstić information content (AvgIpc) is 2.44. The molecule has 0 aliphatic carbocycles. The van der Waals surface area contributed by atoms with Gasteiger partial charge in [-0.1, -0.05) is 18.2 Å². The summed E-state index contributed by atoms with van der Waals surface area (Å²) in [5.74, 6) is 0.663. The highest BCUT2D eigenvalue weighted by atomic mass is 16.5. The zero-order valence-electron chi connectivity index (χ0n) is 12.0. The van der Waals surface area contributed by atoms with E-state index in [0.717, 1.165) is 5.56 Å². The van der Waals surface area contributed by atoms with Gasteiger partial charge in [0.25, 0.3) is 5.91 Å². The molecule has 2 unspecified atom stereocenters. The SMILES string of the molecule is CC1CN(C(=O)COc2ccccc2CN)CC(C)O1. The van der Waals surface area contributed by atoms with Gasteiger partial charge in [0, 0.05) is 25.2 Å². The van der Waals surface area contributed by atoms with Crippen LogP contribution in [-0.2, 0) is 16.1 Å². The zero-order chi connectivity index (χ0) is 14.5. The van der Waals surface area contributed by atoms with E-state index in [1.54, 1.807) is 4.90 Å². The van der Waals surface area contributed by atoms with Crippen LogP contribution in [0.5, 0.6) is 5.75 Å². The Bertz CT molecular complexity index is 454. The monoisotopic (exact) mass is 278 g/mol. The molecular weight excluding hydrogens is 256 g/mol. The van der Waals surface area contributed by atoms with Crippen LogP contribution in [0.15, 0.2) is 24.3 Å². The summed E-state index contributed by atoms with van der Waals surface area (Å²) >= 11 is 0. The highest BCUT2D eigenvalue weighted by Gasteiger charge is 2.26. The Balaban J connectivity index is 1.91. The molecule has 2 N–H and O–H groups in total. The van der Waals surface area contributed by atoms with Crippen molar-refractivity contribution >= 4 is 5.91 Å². The molecule has 110 valence electrons. The fraction of sp³-hybridized carbons (Fsp3) is 0.533. The van der Waals surface area contributed by atoms with Gasteiger partial charge < -0.3 is 20.1 Å². The van der Waals surface area contributed by atoms with Crippen LogP contribution >= 0.6 is 0 Å². The first-order valence-corrected chi connectivity index (χ1v) is 6.94. The third-order valence-electron chi connectivity index (χ3n) is 3.32. The molecule has 1 fully saturated rings. The molecule has 0 bridgehead atoms. The minimum Gasteiger partial charge on any atom is -0.483 e. The Kier molecular flexibility index (Phi) is 4.98. The van der Waals surface area contributed by atoms with Crippen molar-refractivity contribution < 1.29 is 14.3 Å². The highest BCUT2D eigenvalue weighted by Crippen LogP contribution is 2.17. The van der Waals surface area contributed by atoms with Crippen LogP contribution in [0.3, 0.4) is 0 Å². The van der Waals surface area contributed by atoms with Gasteiger partial charge in [0.2, 0.25) is 0 Å². The minimum absolute atomic E-state index is 0.0150. The summed E-state index contributed by atoms with van der Waals surface area (Å²) < 4.78 is 11.2. The molecule has 1 aromatic rings. The highest BCUT2D eigenvalue weighted by molar-refractivity contribution is 5.78. The molecule has 0 saturated carbocycles. The predicted octanol–water partition coefficient (Wildman–Crippen LogP) is 1.16. The van der Waals surface area contributed by atoms with Crippen molar-refractivity contribution in [2.24, 2.45) is 5.73 Å². The maximum Gasteiger partial charge on any atom is 0.260 e. The lowest BCUT2D eigenvalue weighted by atomic mass is 10.2. The van der Waals surface area contributed by atoms with Crippen LogP contribution in [0, 0.1) is 0 Å². The Morgan fingerprint density at radius 1 is 1.35 bits per heavy atom. The molecule has 0 radical (unpaired) electrons. The summed E-state index contributed by atoms with van der Waals surface area (Å²) in [5.41, 5.74) is 6.55. The molecular formula is C15H22N2O3. The molecule has 1 saturated heterocycles. The Labute approximate surface area is 119 Å². The molecule has 0 spiro atoms. The van der Waals surface area contributed by atoms with E-state index in [4.69, 9.17) is 15.2 Å². The van der Waals surface area contributed by atoms with Gasteiger partial charge in [0.1, 0.15) is 5.75 Å². The molecule has 2 atom stereocenters. The molecule has 20 heavy (non-hydrogen) atoms. The van der Waals surface area contributed by atoms with Gasteiger partial charge in [-0.2, -0.15) is 0 Å². The third kappa shape index (κ3) is 3.71. The second-order valence-corrected chi connectivity index (χ2v) is 5.16. The number of rotatable bonds is 4. The lowest BCUT2D eigenvalue weighted by Crippen LogP contribution is -2.49. The number of nitrogens with two attached hydrogens (primary N) is 1. The number of morpholine rings is 1. The van der Waals surface area contributed by atoms with E-state index in [1.165, 1.54) is 0 Å². The number of carbonyl (C=O) groups is 1. The standard InChI is InChI=1S/C15H22N2O3/c1-11-8-17(9-12(2)20-11)15(18)10-19-14-6-4-3-5-13(14)7-16/h3-6,11-12H,7-10,16H2,1-2H3. The van der Waals surface area contributed by atoms with E-state index in [0.29, 0.717) is 25.4 Å². The largest absolute Gasteiger partial charge is 0.483 e. The summed E-state index contributed by atoms with van der Waals surface area (Å²) in [6.07, 6.45) is 0.137. The summed E-state index contributed by atoms with van der Waals surface area (Å²) in [4.78, 5) is 14.0. The molecule has 1 aliphatic heterocycles. The van der Waals surface area contributed by atoms with Crippen LogP contribution in [0.1, 0.15) is 19.4 Å². The topological polar surface area (TPSA) is 64.8 Å². The average molecular weight is 278 g/mol. The number of carbonyl (C=O) groups excluding carboxylic acids is 1. The number of nitrogens with zero attached hydrogens (tertiary/aromatic N) is 1. The molecule has 0 aromatic heterocycles. The fourth-order valence-corrected chi connectivity index (χ4v) is 2.43. The molecule has 2 rings (SSSR count). The first kappa shape index (κ1) is 14.8. The molecule has 1 aliphatic rings. The van der Waals surface area contributed by atoms with Crippen LogP contribution in [0.25, 0.3) is 0 Å². The van der Waals surface area contributed by atoms with Gasteiger partial charge in [-0.25, -0.2) is 0 Å².